The predicted molar refractivity (Wildman–Crippen MR) is 118 cm³/mol. The van der Waals surface area contributed by atoms with Crippen molar-refractivity contribution in [3.63, 3.8) is 0 Å². The highest BCUT2D eigenvalue weighted by Gasteiger charge is 2.17. The number of thiophene rings is 1. The molecule has 0 fully saturated rings. The van der Waals surface area contributed by atoms with Crippen LogP contribution in [-0.2, 0) is 11.3 Å². The van der Waals surface area contributed by atoms with E-state index in [1.165, 1.54) is 23.1 Å². The zero-order valence-electron chi connectivity index (χ0n) is 16.2. The number of nitrogens with one attached hydrogen (secondary N) is 1. The molecule has 0 atom stereocenters. The number of unbranched alkanes of at least 4 members (excludes halogenated alkanes) is 2. The van der Waals surface area contributed by atoms with Crippen molar-refractivity contribution >= 4 is 39.2 Å². The van der Waals surface area contributed by atoms with E-state index >= 15 is 0 Å². The van der Waals surface area contributed by atoms with E-state index in [9.17, 15) is 9.59 Å². The molecular formula is C21H25N3O2S2. The summed E-state index contributed by atoms with van der Waals surface area (Å²) < 4.78 is 1.66. The highest BCUT2D eigenvalue weighted by atomic mass is 32.2. The van der Waals surface area contributed by atoms with Crippen LogP contribution in [0.25, 0.3) is 21.3 Å². The van der Waals surface area contributed by atoms with Gasteiger partial charge in [0, 0.05) is 24.0 Å². The molecule has 1 amide bonds. The Balaban J connectivity index is 1.83. The van der Waals surface area contributed by atoms with Crippen LogP contribution in [0, 0.1) is 0 Å². The number of rotatable bonds is 9. The van der Waals surface area contributed by atoms with Crippen LogP contribution >= 0.6 is 23.1 Å². The molecule has 148 valence electrons. The lowest BCUT2D eigenvalue weighted by Crippen LogP contribution is -2.27. The van der Waals surface area contributed by atoms with Gasteiger partial charge in [-0.15, -0.1) is 11.3 Å². The Bertz CT molecular complexity index is 996. The van der Waals surface area contributed by atoms with Crippen molar-refractivity contribution < 1.29 is 4.79 Å². The van der Waals surface area contributed by atoms with Crippen LogP contribution in [0.5, 0.6) is 0 Å². The summed E-state index contributed by atoms with van der Waals surface area (Å²) in [6.45, 7) is 5.29. The van der Waals surface area contributed by atoms with E-state index in [0.717, 1.165) is 35.2 Å². The largest absolute Gasteiger partial charge is 0.355 e. The van der Waals surface area contributed by atoms with Gasteiger partial charge >= 0.3 is 0 Å². The summed E-state index contributed by atoms with van der Waals surface area (Å²) in [5, 5.41) is 6.18. The Hall–Kier alpha value is -2.12. The van der Waals surface area contributed by atoms with Gasteiger partial charge in [-0.2, -0.15) is 0 Å². The number of fused-ring (bicyclic) bond motifs is 1. The van der Waals surface area contributed by atoms with E-state index in [0.29, 0.717) is 23.6 Å². The molecule has 1 aromatic carbocycles. The van der Waals surface area contributed by atoms with Gasteiger partial charge in [-0.05, 0) is 18.9 Å². The van der Waals surface area contributed by atoms with Crippen molar-refractivity contribution in [3.8, 4) is 11.1 Å². The second-order valence-electron chi connectivity index (χ2n) is 6.49. The maximum Gasteiger partial charge on any atom is 0.263 e. The van der Waals surface area contributed by atoms with Gasteiger partial charge in [-0.3, -0.25) is 14.2 Å². The van der Waals surface area contributed by atoms with E-state index in [2.05, 4.69) is 12.2 Å². The average molecular weight is 416 g/mol. The molecule has 0 bridgehead atoms. The molecule has 2 heterocycles. The molecular weight excluding hydrogens is 390 g/mol. The van der Waals surface area contributed by atoms with Crippen molar-refractivity contribution in [1.29, 1.82) is 0 Å². The summed E-state index contributed by atoms with van der Waals surface area (Å²) in [5.74, 6) is 0.246. The third-order valence-electron chi connectivity index (χ3n) is 4.49. The fourth-order valence-corrected chi connectivity index (χ4v) is 4.89. The van der Waals surface area contributed by atoms with E-state index in [1.807, 2.05) is 42.6 Å². The standard InChI is InChI=1S/C21H25N3O2S2/c1-3-5-9-12-22-17(25)14-28-21-23-19-18(20(26)24(21)4-2)16(13-27-19)15-10-7-6-8-11-15/h6-8,10-11,13H,3-5,9,12,14H2,1-2H3,(H,22,25). The van der Waals surface area contributed by atoms with E-state index in [-0.39, 0.29) is 17.2 Å². The molecule has 0 saturated carbocycles. The van der Waals surface area contributed by atoms with Crippen LogP contribution in [0.2, 0.25) is 0 Å². The van der Waals surface area contributed by atoms with E-state index in [1.54, 1.807) is 4.57 Å². The van der Waals surface area contributed by atoms with Crippen molar-refractivity contribution in [2.24, 2.45) is 0 Å². The van der Waals surface area contributed by atoms with Crippen molar-refractivity contribution in [3.05, 3.63) is 46.1 Å². The number of carbonyl (C=O) groups is 1. The van der Waals surface area contributed by atoms with Gasteiger partial charge < -0.3 is 5.32 Å². The number of hydrogen-bond donors (Lipinski definition) is 1. The number of thioether (sulfide) groups is 1. The maximum absolute atomic E-state index is 13.1. The van der Waals surface area contributed by atoms with Gasteiger partial charge in [0.1, 0.15) is 4.83 Å². The number of amides is 1. The fraction of sp³-hybridized carbons (Fsp3) is 0.381. The molecule has 1 N–H and O–H groups in total. The van der Waals surface area contributed by atoms with Crippen LogP contribution in [0.4, 0.5) is 0 Å². The highest BCUT2D eigenvalue weighted by molar-refractivity contribution is 7.99. The highest BCUT2D eigenvalue weighted by Crippen LogP contribution is 2.32. The summed E-state index contributed by atoms with van der Waals surface area (Å²) in [6, 6.07) is 9.90. The number of nitrogens with zero attached hydrogens (tertiary/aromatic N) is 2. The number of hydrogen-bond acceptors (Lipinski definition) is 5. The Morgan fingerprint density at radius 3 is 2.71 bits per heavy atom. The number of aromatic nitrogens is 2. The van der Waals surface area contributed by atoms with E-state index < -0.39 is 0 Å². The molecule has 3 rings (SSSR count). The first-order chi connectivity index (χ1) is 13.7. The number of carbonyl (C=O) groups excluding carboxylic acids is 1. The smallest absolute Gasteiger partial charge is 0.263 e. The predicted octanol–water partition coefficient (Wildman–Crippen LogP) is 4.54. The van der Waals surface area contributed by atoms with E-state index in [4.69, 9.17) is 4.98 Å². The minimum Gasteiger partial charge on any atom is -0.355 e. The quantitative estimate of drug-likeness (QED) is 0.316. The molecule has 0 aliphatic rings. The summed E-state index contributed by atoms with van der Waals surface area (Å²) in [7, 11) is 0. The third-order valence-corrected chi connectivity index (χ3v) is 6.34. The van der Waals surface area contributed by atoms with Gasteiger partial charge in [0.2, 0.25) is 5.91 Å². The Kier molecular flexibility index (Phi) is 7.28. The van der Waals surface area contributed by atoms with Crippen molar-refractivity contribution in [2.45, 2.75) is 44.8 Å². The summed E-state index contributed by atoms with van der Waals surface area (Å²) >= 11 is 2.80. The molecule has 0 saturated heterocycles. The third kappa shape index (κ3) is 4.64. The van der Waals surface area contributed by atoms with Crippen molar-refractivity contribution in [2.75, 3.05) is 12.3 Å². The van der Waals surface area contributed by atoms with Crippen LogP contribution in [-0.4, -0.2) is 27.8 Å². The van der Waals surface area contributed by atoms with Gasteiger partial charge in [0.25, 0.3) is 5.56 Å². The van der Waals surface area contributed by atoms with Gasteiger partial charge in [-0.1, -0.05) is 61.9 Å². The first kappa shape index (κ1) is 20.6. The first-order valence-electron chi connectivity index (χ1n) is 9.62. The fourth-order valence-electron chi connectivity index (χ4n) is 3.01. The average Bonchev–Trinajstić information content (AvgIpc) is 3.15. The molecule has 5 nitrogen and oxygen atoms in total. The Morgan fingerprint density at radius 1 is 1.21 bits per heavy atom. The first-order valence-corrected chi connectivity index (χ1v) is 11.5. The zero-order chi connectivity index (χ0) is 19.9. The van der Waals surface area contributed by atoms with Gasteiger partial charge in [-0.25, -0.2) is 4.98 Å². The van der Waals surface area contributed by atoms with Crippen LogP contribution in [0.15, 0.2) is 45.7 Å². The Labute approximate surface area is 173 Å². The second kappa shape index (κ2) is 9.89. The summed E-state index contributed by atoms with van der Waals surface area (Å²) in [5.41, 5.74) is 1.89. The second-order valence-corrected chi connectivity index (χ2v) is 8.29. The topological polar surface area (TPSA) is 64.0 Å². The molecule has 0 radical (unpaired) electrons. The Morgan fingerprint density at radius 2 is 2.00 bits per heavy atom. The SMILES string of the molecule is CCCCCNC(=O)CSc1nc2scc(-c3ccccc3)c2c(=O)n1CC. The summed E-state index contributed by atoms with van der Waals surface area (Å²) in [4.78, 5) is 30.6. The molecule has 0 aliphatic heterocycles. The lowest BCUT2D eigenvalue weighted by Gasteiger charge is -2.10. The molecule has 0 spiro atoms. The van der Waals surface area contributed by atoms with Gasteiger partial charge in [0.05, 0.1) is 11.1 Å². The monoisotopic (exact) mass is 415 g/mol. The molecule has 28 heavy (non-hydrogen) atoms. The number of benzene rings is 1. The summed E-state index contributed by atoms with van der Waals surface area (Å²) in [6.07, 6.45) is 3.24. The molecule has 7 heteroatoms. The minimum absolute atomic E-state index is 0.0192. The molecule has 0 unspecified atom stereocenters. The molecule has 2 aromatic heterocycles. The molecule has 3 aromatic rings. The lowest BCUT2D eigenvalue weighted by atomic mass is 10.1. The maximum atomic E-state index is 13.1. The molecule has 0 aliphatic carbocycles. The van der Waals surface area contributed by atoms with Crippen LogP contribution in [0.3, 0.4) is 0 Å². The van der Waals surface area contributed by atoms with Crippen LogP contribution in [0.1, 0.15) is 33.1 Å². The normalized spacial score (nSPS) is 11.1. The minimum atomic E-state index is -0.0431. The lowest BCUT2D eigenvalue weighted by molar-refractivity contribution is -0.118. The van der Waals surface area contributed by atoms with Crippen LogP contribution < -0.4 is 10.9 Å². The van der Waals surface area contributed by atoms with Crippen molar-refractivity contribution in [1.82, 2.24) is 14.9 Å². The van der Waals surface area contributed by atoms with Gasteiger partial charge in [0.15, 0.2) is 5.16 Å². The zero-order valence-corrected chi connectivity index (χ0v) is 17.9.